The fourth-order valence-corrected chi connectivity index (χ4v) is 2.07. The summed E-state index contributed by atoms with van der Waals surface area (Å²) in [5.41, 5.74) is 2.95. The van der Waals surface area contributed by atoms with Gasteiger partial charge in [-0.05, 0) is 36.2 Å². The van der Waals surface area contributed by atoms with E-state index in [0.717, 1.165) is 16.8 Å². The maximum atomic E-state index is 12.1. The van der Waals surface area contributed by atoms with Crippen LogP contribution in [0.25, 0.3) is 5.69 Å². The summed E-state index contributed by atoms with van der Waals surface area (Å²) in [7, 11) is 0. The normalized spacial score (nSPS) is 10.4. The molecule has 0 aliphatic carbocycles. The molecule has 0 aliphatic heterocycles. The summed E-state index contributed by atoms with van der Waals surface area (Å²) >= 11 is 0. The molecule has 2 heterocycles. The van der Waals surface area contributed by atoms with Gasteiger partial charge in [0.05, 0.1) is 5.69 Å². The number of nitrogens with zero attached hydrogens (tertiary/aromatic N) is 4. The van der Waals surface area contributed by atoms with E-state index >= 15 is 0 Å². The molecule has 1 N–H and O–H groups in total. The number of pyridine rings is 1. The molecule has 3 rings (SSSR count). The van der Waals surface area contributed by atoms with Gasteiger partial charge in [-0.2, -0.15) is 0 Å². The van der Waals surface area contributed by atoms with Crippen LogP contribution in [0.3, 0.4) is 0 Å². The van der Waals surface area contributed by atoms with Crippen molar-refractivity contribution < 1.29 is 4.79 Å². The van der Waals surface area contributed by atoms with E-state index in [1.54, 1.807) is 23.4 Å². The second-order valence-corrected chi connectivity index (χ2v) is 4.84. The Morgan fingerprint density at radius 2 is 1.95 bits per heavy atom. The number of aromatic nitrogens is 4. The number of hydrogen-bond donors (Lipinski definition) is 1. The predicted octanol–water partition coefficient (Wildman–Crippen LogP) is 1.90. The highest BCUT2D eigenvalue weighted by molar-refractivity contribution is 5.90. The SMILES string of the molecule is Cc1ccccc1-n1cnc(C(=O)NCc2ccncc2)n1. The Bertz CT molecular complexity index is 782. The molecule has 0 saturated carbocycles. The summed E-state index contributed by atoms with van der Waals surface area (Å²) < 4.78 is 1.61. The summed E-state index contributed by atoms with van der Waals surface area (Å²) in [5, 5.41) is 7.02. The molecule has 0 saturated heterocycles. The van der Waals surface area contributed by atoms with Gasteiger partial charge in [-0.15, -0.1) is 5.10 Å². The fourth-order valence-electron chi connectivity index (χ4n) is 2.07. The Morgan fingerprint density at radius 1 is 1.18 bits per heavy atom. The zero-order valence-corrected chi connectivity index (χ0v) is 12.1. The van der Waals surface area contributed by atoms with Crippen LogP contribution in [0.1, 0.15) is 21.7 Å². The van der Waals surface area contributed by atoms with Crippen molar-refractivity contribution in [2.24, 2.45) is 0 Å². The number of rotatable bonds is 4. The van der Waals surface area contributed by atoms with Crippen LogP contribution in [0.15, 0.2) is 55.1 Å². The van der Waals surface area contributed by atoms with Gasteiger partial charge in [-0.25, -0.2) is 9.67 Å². The predicted molar refractivity (Wildman–Crippen MR) is 81.5 cm³/mol. The summed E-state index contributed by atoms with van der Waals surface area (Å²) in [6.07, 6.45) is 4.92. The molecule has 0 aliphatic rings. The van der Waals surface area contributed by atoms with E-state index in [1.165, 1.54) is 0 Å². The van der Waals surface area contributed by atoms with Gasteiger partial charge >= 0.3 is 0 Å². The molecule has 0 unspecified atom stereocenters. The monoisotopic (exact) mass is 293 g/mol. The zero-order valence-electron chi connectivity index (χ0n) is 12.1. The molecule has 22 heavy (non-hydrogen) atoms. The number of benzene rings is 1. The summed E-state index contributed by atoms with van der Waals surface area (Å²) in [5.74, 6) is -0.151. The molecule has 6 heteroatoms. The second-order valence-electron chi connectivity index (χ2n) is 4.84. The quantitative estimate of drug-likeness (QED) is 0.797. The first-order valence-electron chi connectivity index (χ1n) is 6.89. The molecular weight excluding hydrogens is 278 g/mol. The third kappa shape index (κ3) is 3.01. The van der Waals surface area contributed by atoms with Crippen molar-refractivity contribution in [2.75, 3.05) is 0 Å². The maximum absolute atomic E-state index is 12.1. The Labute approximate surface area is 127 Å². The lowest BCUT2D eigenvalue weighted by molar-refractivity contribution is 0.0940. The number of hydrogen-bond acceptors (Lipinski definition) is 4. The van der Waals surface area contributed by atoms with Gasteiger partial charge in [0.15, 0.2) is 0 Å². The average molecular weight is 293 g/mol. The van der Waals surface area contributed by atoms with E-state index in [9.17, 15) is 4.79 Å². The molecule has 0 bridgehead atoms. The van der Waals surface area contributed by atoms with Gasteiger partial charge in [0.25, 0.3) is 5.91 Å². The zero-order chi connectivity index (χ0) is 15.4. The number of carbonyl (C=O) groups is 1. The van der Waals surface area contributed by atoms with E-state index in [4.69, 9.17) is 0 Å². The Morgan fingerprint density at radius 3 is 2.73 bits per heavy atom. The molecule has 0 spiro atoms. The topological polar surface area (TPSA) is 72.7 Å². The lowest BCUT2D eigenvalue weighted by Crippen LogP contribution is -2.24. The van der Waals surface area contributed by atoms with Crippen molar-refractivity contribution in [3.05, 3.63) is 72.1 Å². The van der Waals surface area contributed by atoms with Crippen LogP contribution in [-0.4, -0.2) is 25.7 Å². The minimum absolute atomic E-state index is 0.150. The molecule has 2 aromatic heterocycles. The fraction of sp³-hybridized carbons (Fsp3) is 0.125. The smallest absolute Gasteiger partial charge is 0.291 e. The number of aryl methyl sites for hydroxylation is 1. The van der Waals surface area contributed by atoms with Crippen molar-refractivity contribution in [3.8, 4) is 5.69 Å². The van der Waals surface area contributed by atoms with E-state index < -0.39 is 0 Å². The van der Waals surface area contributed by atoms with Crippen LogP contribution in [0, 0.1) is 6.92 Å². The van der Waals surface area contributed by atoms with Crippen LogP contribution in [0.2, 0.25) is 0 Å². The summed E-state index contributed by atoms with van der Waals surface area (Å²) in [6, 6.07) is 11.5. The van der Waals surface area contributed by atoms with Gasteiger partial charge < -0.3 is 5.32 Å². The van der Waals surface area contributed by atoms with Crippen molar-refractivity contribution in [3.63, 3.8) is 0 Å². The lowest BCUT2D eigenvalue weighted by Gasteiger charge is -2.04. The van der Waals surface area contributed by atoms with E-state index in [2.05, 4.69) is 20.4 Å². The first-order valence-corrected chi connectivity index (χ1v) is 6.89. The van der Waals surface area contributed by atoms with Gasteiger partial charge in [0.2, 0.25) is 5.82 Å². The molecule has 0 radical (unpaired) electrons. The maximum Gasteiger partial charge on any atom is 0.291 e. The minimum Gasteiger partial charge on any atom is -0.345 e. The first-order chi connectivity index (χ1) is 10.7. The minimum atomic E-state index is -0.302. The van der Waals surface area contributed by atoms with Gasteiger partial charge in [-0.3, -0.25) is 9.78 Å². The van der Waals surface area contributed by atoms with E-state index in [0.29, 0.717) is 6.54 Å². The molecule has 3 aromatic rings. The second kappa shape index (κ2) is 6.17. The largest absolute Gasteiger partial charge is 0.345 e. The third-order valence-electron chi connectivity index (χ3n) is 3.26. The van der Waals surface area contributed by atoms with Crippen LogP contribution >= 0.6 is 0 Å². The van der Waals surface area contributed by atoms with E-state index in [-0.39, 0.29) is 11.7 Å². The molecule has 110 valence electrons. The molecule has 0 atom stereocenters. The van der Waals surface area contributed by atoms with Crippen LogP contribution in [-0.2, 0) is 6.54 Å². The highest BCUT2D eigenvalue weighted by atomic mass is 16.2. The lowest BCUT2D eigenvalue weighted by atomic mass is 10.2. The summed E-state index contributed by atoms with van der Waals surface area (Å²) in [4.78, 5) is 20.1. The molecule has 0 fully saturated rings. The number of amides is 1. The first kappa shape index (κ1) is 13.9. The number of para-hydroxylation sites is 1. The van der Waals surface area contributed by atoms with Crippen molar-refractivity contribution >= 4 is 5.91 Å². The summed E-state index contributed by atoms with van der Waals surface area (Å²) in [6.45, 7) is 2.40. The Kier molecular flexibility index (Phi) is 3.91. The molecule has 1 amide bonds. The van der Waals surface area contributed by atoms with Crippen molar-refractivity contribution in [1.29, 1.82) is 0 Å². The van der Waals surface area contributed by atoms with Gasteiger partial charge in [-0.1, -0.05) is 18.2 Å². The van der Waals surface area contributed by atoms with E-state index in [1.807, 2.05) is 43.3 Å². The van der Waals surface area contributed by atoms with Crippen LogP contribution in [0.4, 0.5) is 0 Å². The highest BCUT2D eigenvalue weighted by Crippen LogP contribution is 2.11. The molecule has 1 aromatic carbocycles. The van der Waals surface area contributed by atoms with Crippen molar-refractivity contribution in [1.82, 2.24) is 25.1 Å². The number of nitrogens with one attached hydrogen (secondary N) is 1. The van der Waals surface area contributed by atoms with Crippen LogP contribution < -0.4 is 5.32 Å². The van der Waals surface area contributed by atoms with Gasteiger partial charge in [0.1, 0.15) is 6.33 Å². The third-order valence-corrected chi connectivity index (χ3v) is 3.26. The highest BCUT2D eigenvalue weighted by Gasteiger charge is 2.12. The Balaban J connectivity index is 1.71. The molecular formula is C16H15N5O. The van der Waals surface area contributed by atoms with Gasteiger partial charge in [0, 0.05) is 18.9 Å². The standard InChI is InChI=1S/C16H15N5O/c1-12-4-2-3-5-14(12)21-11-19-15(20-21)16(22)18-10-13-6-8-17-9-7-13/h2-9,11H,10H2,1H3,(H,18,22). The molecule has 6 nitrogen and oxygen atoms in total. The van der Waals surface area contributed by atoms with Crippen LogP contribution in [0.5, 0.6) is 0 Å². The average Bonchev–Trinajstić information content (AvgIpc) is 3.04. The Hall–Kier alpha value is -3.02. The number of carbonyl (C=O) groups excluding carboxylic acids is 1. The van der Waals surface area contributed by atoms with Crippen molar-refractivity contribution in [2.45, 2.75) is 13.5 Å².